The Morgan fingerprint density at radius 2 is 1.77 bits per heavy atom. The van der Waals surface area contributed by atoms with E-state index in [1.807, 2.05) is 13.8 Å². The summed E-state index contributed by atoms with van der Waals surface area (Å²) < 4.78 is 27.8. The average Bonchev–Trinajstić information content (AvgIpc) is 3.13. The molecule has 2 aromatic rings. The Labute approximate surface area is 186 Å². The van der Waals surface area contributed by atoms with E-state index in [4.69, 9.17) is 23.2 Å². The van der Waals surface area contributed by atoms with Gasteiger partial charge in [0.1, 0.15) is 16.1 Å². The van der Waals surface area contributed by atoms with Crippen LogP contribution in [-0.2, 0) is 14.8 Å². The second-order valence-electron chi connectivity index (χ2n) is 7.84. The molecule has 1 aliphatic rings. The average molecular weight is 469 g/mol. The van der Waals surface area contributed by atoms with Gasteiger partial charge in [-0.25, -0.2) is 18.4 Å². The molecule has 160 valence electrons. The van der Waals surface area contributed by atoms with Gasteiger partial charge in [0.05, 0.1) is 10.8 Å². The van der Waals surface area contributed by atoms with Crippen molar-refractivity contribution in [3.05, 3.63) is 52.4 Å². The number of hydrogen-bond donors (Lipinski definition) is 2. The first-order chi connectivity index (χ1) is 13.9. The third-order valence-corrected chi connectivity index (χ3v) is 6.76. The maximum Gasteiger partial charge on any atom is 0.263 e. The highest BCUT2D eigenvalue weighted by atomic mass is 35.5. The van der Waals surface area contributed by atoms with E-state index in [-0.39, 0.29) is 38.4 Å². The topological polar surface area (TPSA) is 101 Å². The van der Waals surface area contributed by atoms with Crippen LogP contribution in [0.4, 0.5) is 11.5 Å². The lowest BCUT2D eigenvalue weighted by atomic mass is 10.1. The van der Waals surface area contributed by atoms with Gasteiger partial charge in [-0.2, -0.15) is 0 Å². The molecule has 1 amide bonds. The third-order valence-electron chi connectivity index (χ3n) is 5.14. The van der Waals surface area contributed by atoms with Crippen LogP contribution in [0.1, 0.15) is 25.4 Å². The molecule has 0 spiro atoms. The van der Waals surface area contributed by atoms with E-state index in [1.165, 1.54) is 24.3 Å². The molecule has 2 atom stereocenters. The number of rotatable bonds is 6. The van der Waals surface area contributed by atoms with Gasteiger partial charge in [0.25, 0.3) is 10.0 Å². The number of aryl methyl sites for hydroxylation is 2. The summed E-state index contributed by atoms with van der Waals surface area (Å²) in [6.07, 6.45) is 1.67. The molecule has 2 N–H and O–H groups in total. The smallest absolute Gasteiger partial charge is 0.263 e. The van der Waals surface area contributed by atoms with Crippen molar-refractivity contribution in [3.8, 4) is 0 Å². The highest BCUT2D eigenvalue weighted by molar-refractivity contribution is 7.92. The summed E-state index contributed by atoms with van der Waals surface area (Å²) >= 11 is 11.5. The quantitative estimate of drug-likeness (QED) is 0.652. The minimum atomic E-state index is -3.83. The number of sulfonamides is 1. The molecular weight excluding hydrogens is 447 g/mol. The van der Waals surface area contributed by atoms with Crippen molar-refractivity contribution in [1.29, 1.82) is 0 Å². The maximum atomic E-state index is 12.6. The molecule has 1 aliphatic carbocycles. The summed E-state index contributed by atoms with van der Waals surface area (Å²) in [6.45, 7) is 7.37. The van der Waals surface area contributed by atoms with Crippen molar-refractivity contribution >= 4 is 50.6 Å². The molecule has 10 heteroatoms. The van der Waals surface area contributed by atoms with Crippen LogP contribution in [-0.4, -0.2) is 24.3 Å². The molecule has 1 aromatic carbocycles. The molecular formula is C20H22Cl2N4O3S. The van der Waals surface area contributed by atoms with E-state index in [2.05, 4.69) is 20.0 Å². The van der Waals surface area contributed by atoms with Crippen LogP contribution in [0.5, 0.6) is 0 Å². The zero-order valence-corrected chi connectivity index (χ0v) is 19.2. The fourth-order valence-corrected chi connectivity index (χ4v) is 4.79. The third kappa shape index (κ3) is 4.94. The van der Waals surface area contributed by atoms with Gasteiger partial charge < -0.3 is 5.32 Å². The lowest BCUT2D eigenvalue weighted by Gasteiger charge is -2.10. The summed E-state index contributed by atoms with van der Waals surface area (Å²) in [6, 6.07) is 7.47. The van der Waals surface area contributed by atoms with Gasteiger partial charge in [-0.15, -0.1) is 0 Å². The number of benzene rings is 1. The van der Waals surface area contributed by atoms with Gasteiger partial charge in [0, 0.05) is 17.4 Å². The van der Waals surface area contributed by atoms with E-state index in [9.17, 15) is 13.2 Å². The summed E-state index contributed by atoms with van der Waals surface area (Å²) in [7, 11) is -3.83. The first kappa shape index (κ1) is 22.5. The Bertz CT molecular complexity index is 1090. The molecule has 0 bridgehead atoms. The summed E-state index contributed by atoms with van der Waals surface area (Å²) in [5.74, 6) is 0.185. The van der Waals surface area contributed by atoms with Gasteiger partial charge >= 0.3 is 0 Å². The summed E-state index contributed by atoms with van der Waals surface area (Å²) in [5.41, 5.74) is 0.903. The highest BCUT2D eigenvalue weighted by Gasteiger charge is 2.60. The Kier molecular flexibility index (Phi) is 6.13. The van der Waals surface area contributed by atoms with Crippen molar-refractivity contribution in [1.82, 2.24) is 9.97 Å². The number of carbonyl (C=O) groups excluding carboxylic acids is 1. The largest absolute Gasteiger partial charge is 0.326 e. The summed E-state index contributed by atoms with van der Waals surface area (Å²) in [5, 5.41) is 2.82. The number of carbonyl (C=O) groups is 1. The van der Waals surface area contributed by atoms with E-state index in [0.29, 0.717) is 17.2 Å². The first-order valence-corrected chi connectivity index (χ1v) is 11.4. The van der Waals surface area contributed by atoms with Gasteiger partial charge in [0.2, 0.25) is 5.91 Å². The molecule has 7 nitrogen and oxygen atoms in total. The van der Waals surface area contributed by atoms with Gasteiger partial charge in [0.15, 0.2) is 0 Å². The predicted molar refractivity (Wildman–Crippen MR) is 118 cm³/mol. The Morgan fingerprint density at radius 3 is 2.33 bits per heavy atom. The van der Waals surface area contributed by atoms with E-state index in [1.54, 1.807) is 26.0 Å². The number of halogens is 2. The zero-order valence-electron chi connectivity index (χ0n) is 16.9. The lowest BCUT2D eigenvalue weighted by Crippen LogP contribution is -2.17. The minimum absolute atomic E-state index is 0.0499. The second-order valence-corrected chi connectivity index (χ2v) is 10.5. The van der Waals surface area contributed by atoms with Crippen LogP contribution < -0.4 is 10.0 Å². The SMILES string of the molecule is Cc1cc(NS(=O)(=O)c2ccc(NC(=O)[C@@H]3[C@H](C=C(Cl)Cl)C3(C)C)cc2)nc(C)n1. The molecule has 1 fully saturated rings. The van der Waals surface area contributed by atoms with Crippen LogP contribution in [0.3, 0.4) is 0 Å². The number of amides is 1. The van der Waals surface area contributed by atoms with Gasteiger partial charge in [-0.3, -0.25) is 9.52 Å². The Hall–Kier alpha value is -2.16. The van der Waals surface area contributed by atoms with Crippen LogP contribution in [0.25, 0.3) is 0 Å². The molecule has 3 rings (SSSR count). The van der Waals surface area contributed by atoms with Crippen LogP contribution >= 0.6 is 23.2 Å². The number of nitrogens with one attached hydrogen (secondary N) is 2. The first-order valence-electron chi connectivity index (χ1n) is 9.19. The van der Waals surface area contributed by atoms with Crippen molar-refractivity contribution in [2.45, 2.75) is 32.6 Å². The fourth-order valence-electron chi connectivity index (χ4n) is 3.53. The zero-order chi connectivity index (χ0) is 22.3. The Morgan fingerprint density at radius 1 is 1.13 bits per heavy atom. The number of aromatic nitrogens is 2. The van der Waals surface area contributed by atoms with E-state index < -0.39 is 10.0 Å². The molecule has 1 heterocycles. The van der Waals surface area contributed by atoms with E-state index >= 15 is 0 Å². The second kappa shape index (κ2) is 8.17. The van der Waals surface area contributed by atoms with Crippen LogP contribution in [0, 0.1) is 31.1 Å². The van der Waals surface area contributed by atoms with Crippen molar-refractivity contribution in [2.75, 3.05) is 10.0 Å². The predicted octanol–water partition coefficient (Wildman–Crippen LogP) is 4.42. The number of anilines is 2. The van der Waals surface area contributed by atoms with Gasteiger partial charge in [-0.05, 0) is 55.5 Å². The molecule has 0 radical (unpaired) electrons. The van der Waals surface area contributed by atoms with Crippen molar-refractivity contribution in [2.24, 2.45) is 17.3 Å². The highest BCUT2D eigenvalue weighted by Crippen LogP contribution is 2.60. The standard InChI is InChI=1S/C20H22Cl2N4O3S/c1-11-9-17(24-12(2)23-11)26-30(28,29)14-7-5-13(6-8-14)25-19(27)18-15(10-16(21)22)20(18,3)4/h5-10,15,18H,1-4H3,(H,25,27)(H,23,24,26)/t15-,18-/m0/s1. The van der Waals surface area contributed by atoms with E-state index in [0.717, 1.165) is 0 Å². The fraction of sp³-hybridized carbons (Fsp3) is 0.350. The van der Waals surface area contributed by atoms with Crippen LogP contribution in [0.15, 0.2) is 45.8 Å². The Balaban J connectivity index is 1.70. The number of allylic oxidation sites excluding steroid dienone is 1. The molecule has 30 heavy (non-hydrogen) atoms. The monoisotopic (exact) mass is 468 g/mol. The van der Waals surface area contributed by atoms with Crippen LogP contribution in [0.2, 0.25) is 0 Å². The van der Waals surface area contributed by atoms with Gasteiger partial charge in [-0.1, -0.05) is 37.0 Å². The number of hydrogen-bond acceptors (Lipinski definition) is 5. The lowest BCUT2D eigenvalue weighted by molar-refractivity contribution is -0.118. The molecule has 0 aliphatic heterocycles. The maximum absolute atomic E-state index is 12.6. The molecule has 1 saturated carbocycles. The van der Waals surface area contributed by atoms with Crippen molar-refractivity contribution < 1.29 is 13.2 Å². The summed E-state index contributed by atoms with van der Waals surface area (Å²) in [4.78, 5) is 20.9. The van der Waals surface area contributed by atoms with Crippen molar-refractivity contribution in [3.63, 3.8) is 0 Å². The minimum Gasteiger partial charge on any atom is -0.326 e. The normalized spacial score (nSPS) is 19.7. The number of nitrogens with zero attached hydrogens (tertiary/aromatic N) is 2. The molecule has 0 saturated heterocycles. The molecule has 0 unspecified atom stereocenters. The molecule has 1 aromatic heterocycles.